The lowest BCUT2D eigenvalue weighted by Crippen LogP contribution is -2.45. The van der Waals surface area contributed by atoms with E-state index in [1.807, 2.05) is 20.8 Å². The van der Waals surface area contributed by atoms with Gasteiger partial charge in [0.1, 0.15) is 5.82 Å². The van der Waals surface area contributed by atoms with E-state index in [9.17, 15) is 9.59 Å². The SMILES string of the molecule is CN(C)NC(=O)C1Oc2ccc(Nc3ncc4cc(-c5c(Cl)cccc5Cl)c(NC(=O)NC(C)(C)C)nc4n3)cc2O1. The van der Waals surface area contributed by atoms with E-state index in [-0.39, 0.29) is 11.8 Å². The zero-order valence-electron chi connectivity index (χ0n) is 23.4. The summed E-state index contributed by atoms with van der Waals surface area (Å²) in [5, 5.41) is 11.7. The molecule has 3 heterocycles. The van der Waals surface area contributed by atoms with E-state index < -0.39 is 23.8 Å². The van der Waals surface area contributed by atoms with Crippen LogP contribution in [-0.2, 0) is 4.79 Å². The number of fused-ring (bicyclic) bond motifs is 2. The minimum absolute atomic E-state index is 0.217. The average molecular weight is 611 g/mol. The monoisotopic (exact) mass is 610 g/mol. The Morgan fingerprint density at radius 2 is 1.69 bits per heavy atom. The lowest BCUT2D eigenvalue weighted by Gasteiger charge is -2.21. The molecule has 0 radical (unpaired) electrons. The number of nitrogens with one attached hydrogen (secondary N) is 4. The van der Waals surface area contributed by atoms with Crippen LogP contribution in [0.2, 0.25) is 10.0 Å². The average Bonchev–Trinajstić information content (AvgIpc) is 3.31. The summed E-state index contributed by atoms with van der Waals surface area (Å²) in [4.78, 5) is 38.7. The highest BCUT2D eigenvalue weighted by Crippen LogP contribution is 2.40. The maximum atomic E-state index is 12.8. The maximum Gasteiger partial charge on any atom is 0.323 e. The number of hydrogen-bond acceptors (Lipinski definition) is 9. The lowest BCUT2D eigenvalue weighted by molar-refractivity contribution is -0.140. The van der Waals surface area contributed by atoms with Gasteiger partial charge in [-0.25, -0.2) is 19.8 Å². The lowest BCUT2D eigenvalue weighted by atomic mass is 10.0. The molecule has 5 rings (SSSR count). The first-order valence-electron chi connectivity index (χ1n) is 12.8. The van der Waals surface area contributed by atoms with Crippen LogP contribution in [0, 0.1) is 0 Å². The number of benzene rings is 2. The quantitative estimate of drug-likeness (QED) is 0.212. The Kier molecular flexibility index (Phi) is 7.95. The second-order valence-corrected chi connectivity index (χ2v) is 11.5. The van der Waals surface area contributed by atoms with E-state index >= 15 is 0 Å². The fraction of sp³-hybridized carbons (Fsp3) is 0.250. The molecule has 0 saturated heterocycles. The summed E-state index contributed by atoms with van der Waals surface area (Å²) in [5.41, 5.74) is 4.04. The summed E-state index contributed by atoms with van der Waals surface area (Å²) in [6, 6.07) is 11.5. The molecule has 42 heavy (non-hydrogen) atoms. The van der Waals surface area contributed by atoms with E-state index in [1.54, 1.807) is 62.8 Å². The maximum absolute atomic E-state index is 12.8. The molecule has 0 saturated carbocycles. The van der Waals surface area contributed by atoms with Crippen molar-refractivity contribution >= 4 is 63.6 Å². The Bertz CT molecular complexity index is 1670. The summed E-state index contributed by atoms with van der Waals surface area (Å²) < 4.78 is 11.2. The molecular formula is C28H28Cl2N8O4. The van der Waals surface area contributed by atoms with Gasteiger partial charge >= 0.3 is 18.2 Å². The van der Waals surface area contributed by atoms with Gasteiger partial charge in [-0.15, -0.1) is 0 Å². The summed E-state index contributed by atoms with van der Waals surface area (Å²) in [5.74, 6) is 0.831. The number of rotatable bonds is 6. The number of halogens is 2. The van der Waals surface area contributed by atoms with Crippen molar-refractivity contribution in [1.82, 2.24) is 30.7 Å². The number of amides is 3. The zero-order valence-corrected chi connectivity index (χ0v) is 24.9. The second kappa shape index (κ2) is 11.5. The molecule has 218 valence electrons. The number of aromatic nitrogens is 3. The number of hydrazine groups is 1. The van der Waals surface area contributed by atoms with Gasteiger partial charge in [0.15, 0.2) is 17.1 Å². The summed E-state index contributed by atoms with van der Waals surface area (Å²) in [6.07, 6.45) is 0.487. The summed E-state index contributed by atoms with van der Waals surface area (Å²) in [6.45, 7) is 5.60. The highest BCUT2D eigenvalue weighted by molar-refractivity contribution is 6.39. The zero-order chi connectivity index (χ0) is 30.2. The Labute approximate surface area is 251 Å². The van der Waals surface area contributed by atoms with E-state index in [2.05, 4.69) is 36.3 Å². The van der Waals surface area contributed by atoms with Crippen LogP contribution in [0.5, 0.6) is 11.5 Å². The van der Waals surface area contributed by atoms with Gasteiger partial charge < -0.3 is 20.1 Å². The van der Waals surface area contributed by atoms with Gasteiger partial charge in [0.25, 0.3) is 0 Å². The fourth-order valence-corrected chi connectivity index (χ4v) is 4.68. The van der Waals surface area contributed by atoms with Crippen LogP contribution in [0.25, 0.3) is 22.2 Å². The van der Waals surface area contributed by atoms with Crippen LogP contribution >= 0.6 is 23.2 Å². The summed E-state index contributed by atoms with van der Waals surface area (Å²) in [7, 11) is 3.37. The van der Waals surface area contributed by atoms with Gasteiger partial charge in [0, 0.05) is 54.1 Å². The Morgan fingerprint density at radius 1 is 0.976 bits per heavy atom. The van der Waals surface area contributed by atoms with Gasteiger partial charge in [0.05, 0.1) is 10.0 Å². The van der Waals surface area contributed by atoms with Crippen LogP contribution in [0.15, 0.2) is 48.7 Å². The first-order chi connectivity index (χ1) is 19.9. The number of anilines is 3. The highest BCUT2D eigenvalue weighted by atomic mass is 35.5. The standard InChI is InChI=1S/C28H28Cl2N8O4/c1-28(2,3)36-27(40)35-23-16(21-17(29)7-6-8-18(21)30)11-14-13-31-26(34-22(14)33-23)32-15-9-10-19-20(12-15)42-25(41-19)24(39)37-38(4)5/h6-13,25H,1-5H3,(H,37,39)(H3,31,32,33,34,35,36,40). The molecule has 1 unspecified atom stereocenters. The third-order valence-electron chi connectivity index (χ3n) is 5.74. The van der Waals surface area contributed by atoms with Crippen LogP contribution in [0.4, 0.5) is 22.2 Å². The number of ether oxygens (including phenoxy) is 2. The van der Waals surface area contributed by atoms with Crippen molar-refractivity contribution in [3.05, 3.63) is 58.7 Å². The fourth-order valence-electron chi connectivity index (χ4n) is 4.08. The largest absolute Gasteiger partial charge is 0.442 e. The number of carbonyl (C=O) groups excluding carboxylic acids is 2. The molecule has 0 spiro atoms. The van der Waals surface area contributed by atoms with Crippen molar-refractivity contribution in [2.45, 2.75) is 32.6 Å². The normalized spacial score (nSPS) is 14.1. The number of nitrogens with zero attached hydrogens (tertiary/aromatic N) is 4. The van der Waals surface area contributed by atoms with Crippen LogP contribution < -0.4 is 30.8 Å². The molecule has 1 aliphatic heterocycles. The van der Waals surface area contributed by atoms with Gasteiger partial charge in [-0.05, 0) is 51.1 Å². The van der Waals surface area contributed by atoms with Crippen molar-refractivity contribution in [2.24, 2.45) is 0 Å². The molecule has 0 fully saturated rings. The molecule has 4 N–H and O–H groups in total. The molecule has 2 aromatic carbocycles. The highest BCUT2D eigenvalue weighted by Gasteiger charge is 2.31. The van der Waals surface area contributed by atoms with E-state index in [0.29, 0.717) is 49.4 Å². The molecule has 14 heteroatoms. The molecule has 0 bridgehead atoms. The Morgan fingerprint density at radius 3 is 2.38 bits per heavy atom. The van der Waals surface area contributed by atoms with Crippen LogP contribution in [0.1, 0.15) is 20.8 Å². The van der Waals surface area contributed by atoms with E-state index in [0.717, 1.165) is 0 Å². The van der Waals surface area contributed by atoms with Crippen LogP contribution in [0.3, 0.4) is 0 Å². The number of pyridine rings is 1. The van der Waals surface area contributed by atoms with E-state index in [1.165, 1.54) is 5.01 Å². The smallest absolute Gasteiger partial charge is 0.323 e. The summed E-state index contributed by atoms with van der Waals surface area (Å²) >= 11 is 13.0. The predicted molar refractivity (Wildman–Crippen MR) is 161 cm³/mol. The molecule has 2 aromatic heterocycles. The van der Waals surface area contributed by atoms with E-state index in [4.69, 9.17) is 32.7 Å². The molecule has 12 nitrogen and oxygen atoms in total. The topological polar surface area (TPSA) is 143 Å². The van der Waals surface area contributed by atoms with Crippen molar-refractivity contribution < 1.29 is 19.1 Å². The predicted octanol–water partition coefficient (Wildman–Crippen LogP) is 5.35. The van der Waals surface area contributed by atoms with Crippen LogP contribution in [-0.4, -0.2) is 57.8 Å². The van der Waals surface area contributed by atoms with Crippen molar-refractivity contribution in [3.63, 3.8) is 0 Å². The van der Waals surface area contributed by atoms with Crippen molar-refractivity contribution in [1.29, 1.82) is 0 Å². The number of hydrogen-bond donors (Lipinski definition) is 4. The Hall–Kier alpha value is -4.39. The van der Waals surface area contributed by atoms with Gasteiger partial charge in [-0.3, -0.25) is 15.5 Å². The third-order valence-corrected chi connectivity index (χ3v) is 6.37. The van der Waals surface area contributed by atoms with Crippen molar-refractivity contribution in [2.75, 3.05) is 24.7 Å². The minimum atomic E-state index is -1.11. The molecule has 3 amide bonds. The molecule has 0 aliphatic carbocycles. The first kappa shape index (κ1) is 29.1. The first-order valence-corrected chi connectivity index (χ1v) is 13.6. The Balaban J connectivity index is 1.45. The number of carbonyl (C=O) groups is 2. The minimum Gasteiger partial charge on any atom is -0.442 e. The second-order valence-electron chi connectivity index (χ2n) is 10.6. The molecule has 4 aromatic rings. The molecular weight excluding hydrogens is 583 g/mol. The molecule has 1 atom stereocenters. The molecule has 1 aliphatic rings. The number of urea groups is 1. The van der Waals surface area contributed by atoms with Gasteiger partial charge in [0.2, 0.25) is 5.95 Å². The third kappa shape index (κ3) is 6.56. The van der Waals surface area contributed by atoms with Gasteiger partial charge in [-0.1, -0.05) is 29.3 Å². The van der Waals surface area contributed by atoms with Crippen molar-refractivity contribution in [3.8, 4) is 22.6 Å². The van der Waals surface area contributed by atoms with Gasteiger partial charge in [-0.2, -0.15) is 4.98 Å².